The maximum atomic E-state index is 6.14. The summed E-state index contributed by atoms with van der Waals surface area (Å²) >= 11 is 0. The Morgan fingerprint density at radius 3 is 2.72 bits per heavy atom. The lowest BCUT2D eigenvalue weighted by atomic mass is 10.0. The molecule has 0 aliphatic heterocycles. The first-order valence-corrected chi connectivity index (χ1v) is 6.04. The summed E-state index contributed by atoms with van der Waals surface area (Å²) < 4.78 is 5.32. The quantitative estimate of drug-likeness (QED) is 0.873. The lowest BCUT2D eigenvalue weighted by Crippen LogP contribution is -2.14. The standard InChI is InChI=1S/C14H17N3O/c1-2-18-14-10-16-9-12(17-14)8-13(15)11-6-4-3-5-7-11/h3-7,9-10,13H,2,8,15H2,1H3. The molecule has 1 unspecified atom stereocenters. The Morgan fingerprint density at radius 2 is 2.00 bits per heavy atom. The molecule has 1 aromatic carbocycles. The van der Waals surface area contributed by atoms with Crippen LogP contribution in [-0.4, -0.2) is 16.6 Å². The average molecular weight is 243 g/mol. The molecule has 4 heteroatoms. The summed E-state index contributed by atoms with van der Waals surface area (Å²) in [6.07, 6.45) is 3.99. The van der Waals surface area contributed by atoms with E-state index < -0.39 is 0 Å². The van der Waals surface area contributed by atoms with Crippen LogP contribution >= 0.6 is 0 Å². The first-order valence-electron chi connectivity index (χ1n) is 6.04. The Balaban J connectivity index is 2.07. The van der Waals surface area contributed by atoms with Gasteiger partial charge in [0.25, 0.3) is 0 Å². The van der Waals surface area contributed by atoms with E-state index in [-0.39, 0.29) is 6.04 Å². The largest absolute Gasteiger partial charge is 0.477 e. The number of aromatic nitrogens is 2. The number of hydrogen-bond acceptors (Lipinski definition) is 4. The van der Waals surface area contributed by atoms with Gasteiger partial charge in [0, 0.05) is 18.7 Å². The van der Waals surface area contributed by atoms with E-state index in [4.69, 9.17) is 10.5 Å². The van der Waals surface area contributed by atoms with Crippen molar-refractivity contribution in [3.05, 3.63) is 54.0 Å². The van der Waals surface area contributed by atoms with Crippen LogP contribution in [0.5, 0.6) is 5.88 Å². The van der Waals surface area contributed by atoms with E-state index in [1.807, 2.05) is 37.3 Å². The van der Waals surface area contributed by atoms with Crippen molar-refractivity contribution in [1.29, 1.82) is 0 Å². The van der Waals surface area contributed by atoms with Gasteiger partial charge in [-0.05, 0) is 12.5 Å². The van der Waals surface area contributed by atoms with E-state index in [0.29, 0.717) is 18.9 Å². The van der Waals surface area contributed by atoms with E-state index in [2.05, 4.69) is 9.97 Å². The van der Waals surface area contributed by atoms with Crippen LogP contribution in [0.3, 0.4) is 0 Å². The molecule has 0 saturated heterocycles. The lowest BCUT2D eigenvalue weighted by Gasteiger charge is -2.11. The van der Waals surface area contributed by atoms with E-state index in [0.717, 1.165) is 11.3 Å². The highest BCUT2D eigenvalue weighted by molar-refractivity contribution is 5.20. The second kappa shape index (κ2) is 6.12. The number of hydrogen-bond donors (Lipinski definition) is 1. The van der Waals surface area contributed by atoms with Crippen LogP contribution in [0, 0.1) is 0 Å². The molecule has 1 atom stereocenters. The molecule has 4 nitrogen and oxygen atoms in total. The normalized spacial score (nSPS) is 12.1. The van der Waals surface area contributed by atoms with Crippen molar-refractivity contribution in [2.45, 2.75) is 19.4 Å². The van der Waals surface area contributed by atoms with Gasteiger partial charge in [0.05, 0.1) is 18.5 Å². The highest BCUT2D eigenvalue weighted by Gasteiger charge is 2.08. The minimum absolute atomic E-state index is 0.0719. The number of rotatable bonds is 5. The second-order valence-corrected chi connectivity index (χ2v) is 4.00. The number of nitrogens with two attached hydrogens (primary N) is 1. The molecule has 2 N–H and O–H groups in total. The van der Waals surface area contributed by atoms with Crippen LogP contribution in [0.2, 0.25) is 0 Å². The average Bonchev–Trinajstić information content (AvgIpc) is 2.40. The molecule has 0 amide bonds. The van der Waals surface area contributed by atoms with E-state index in [1.54, 1.807) is 12.4 Å². The summed E-state index contributed by atoms with van der Waals surface area (Å²) in [5.41, 5.74) is 8.09. The summed E-state index contributed by atoms with van der Waals surface area (Å²) in [6, 6.07) is 9.91. The fourth-order valence-corrected chi connectivity index (χ4v) is 1.75. The Labute approximate surface area is 107 Å². The van der Waals surface area contributed by atoms with Crippen molar-refractivity contribution >= 4 is 0 Å². The summed E-state index contributed by atoms with van der Waals surface area (Å²) in [7, 11) is 0. The van der Waals surface area contributed by atoms with Crippen molar-refractivity contribution in [2.24, 2.45) is 5.73 Å². The van der Waals surface area contributed by atoms with Crippen molar-refractivity contribution in [1.82, 2.24) is 9.97 Å². The molecule has 0 spiro atoms. The first-order chi connectivity index (χ1) is 8.79. The fourth-order valence-electron chi connectivity index (χ4n) is 1.75. The maximum Gasteiger partial charge on any atom is 0.232 e. The summed E-state index contributed by atoms with van der Waals surface area (Å²) in [5.74, 6) is 0.551. The zero-order valence-electron chi connectivity index (χ0n) is 10.4. The molecule has 0 bridgehead atoms. The molecule has 0 fully saturated rings. The van der Waals surface area contributed by atoms with Gasteiger partial charge in [-0.2, -0.15) is 0 Å². The van der Waals surface area contributed by atoms with Gasteiger partial charge >= 0.3 is 0 Å². The third kappa shape index (κ3) is 3.28. The van der Waals surface area contributed by atoms with Crippen LogP contribution in [-0.2, 0) is 6.42 Å². The summed E-state index contributed by atoms with van der Waals surface area (Å²) in [4.78, 5) is 8.47. The predicted molar refractivity (Wildman–Crippen MR) is 70.3 cm³/mol. The van der Waals surface area contributed by atoms with Crippen molar-refractivity contribution in [2.75, 3.05) is 6.61 Å². The highest BCUT2D eigenvalue weighted by atomic mass is 16.5. The third-order valence-corrected chi connectivity index (χ3v) is 2.61. The Morgan fingerprint density at radius 1 is 1.22 bits per heavy atom. The number of nitrogens with zero attached hydrogens (tertiary/aromatic N) is 2. The maximum absolute atomic E-state index is 6.14. The van der Waals surface area contributed by atoms with Gasteiger partial charge in [-0.15, -0.1) is 0 Å². The zero-order valence-corrected chi connectivity index (χ0v) is 10.4. The smallest absolute Gasteiger partial charge is 0.232 e. The molecule has 94 valence electrons. The van der Waals surface area contributed by atoms with Gasteiger partial charge in [-0.3, -0.25) is 4.98 Å². The van der Waals surface area contributed by atoms with Crippen LogP contribution in [0.15, 0.2) is 42.7 Å². The molecule has 18 heavy (non-hydrogen) atoms. The Hall–Kier alpha value is -1.94. The molecule has 0 aliphatic rings. The minimum atomic E-state index is -0.0719. The van der Waals surface area contributed by atoms with Gasteiger partial charge in [0.2, 0.25) is 5.88 Å². The topological polar surface area (TPSA) is 61.0 Å². The fraction of sp³-hybridized carbons (Fsp3) is 0.286. The van der Waals surface area contributed by atoms with Gasteiger partial charge in [-0.1, -0.05) is 30.3 Å². The lowest BCUT2D eigenvalue weighted by molar-refractivity contribution is 0.324. The Kier molecular flexibility index (Phi) is 4.25. The zero-order chi connectivity index (χ0) is 12.8. The molecular formula is C14H17N3O. The molecule has 1 heterocycles. The molecule has 0 radical (unpaired) electrons. The second-order valence-electron chi connectivity index (χ2n) is 4.00. The SMILES string of the molecule is CCOc1cncc(CC(N)c2ccccc2)n1. The first kappa shape index (κ1) is 12.5. The van der Waals surface area contributed by atoms with Crippen molar-refractivity contribution in [3.63, 3.8) is 0 Å². The molecule has 0 saturated carbocycles. The van der Waals surface area contributed by atoms with Crippen LogP contribution in [0.4, 0.5) is 0 Å². The molecular weight excluding hydrogens is 226 g/mol. The van der Waals surface area contributed by atoms with E-state index >= 15 is 0 Å². The predicted octanol–water partition coefficient (Wildman–Crippen LogP) is 2.12. The van der Waals surface area contributed by atoms with Crippen molar-refractivity contribution < 1.29 is 4.74 Å². The summed E-state index contributed by atoms with van der Waals surface area (Å²) in [6.45, 7) is 2.51. The van der Waals surface area contributed by atoms with Gasteiger partial charge < -0.3 is 10.5 Å². The minimum Gasteiger partial charge on any atom is -0.477 e. The van der Waals surface area contributed by atoms with E-state index in [1.165, 1.54) is 0 Å². The third-order valence-electron chi connectivity index (χ3n) is 2.61. The number of benzene rings is 1. The summed E-state index contributed by atoms with van der Waals surface area (Å²) in [5, 5.41) is 0. The number of ether oxygens (including phenoxy) is 1. The monoisotopic (exact) mass is 243 g/mol. The Bertz CT molecular complexity index is 487. The van der Waals surface area contributed by atoms with Gasteiger partial charge in [-0.25, -0.2) is 4.98 Å². The highest BCUT2D eigenvalue weighted by Crippen LogP contribution is 2.15. The van der Waals surface area contributed by atoms with E-state index in [9.17, 15) is 0 Å². The molecule has 2 rings (SSSR count). The van der Waals surface area contributed by atoms with Crippen LogP contribution in [0.25, 0.3) is 0 Å². The molecule has 1 aromatic heterocycles. The van der Waals surface area contributed by atoms with Gasteiger partial charge in [0.15, 0.2) is 0 Å². The van der Waals surface area contributed by atoms with Gasteiger partial charge in [0.1, 0.15) is 0 Å². The molecule has 0 aliphatic carbocycles. The molecule has 2 aromatic rings. The van der Waals surface area contributed by atoms with Crippen LogP contribution < -0.4 is 10.5 Å². The van der Waals surface area contributed by atoms with Crippen LogP contribution in [0.1, 0.15) is 24.2 Å². The van der Waals surface area contributed by atoms with Crippen molar-refractivity contribution in [3.8, 4) is 5.88 Å².